The van der Waals surface area contributed by atoms with Crippen LogP contribution in [0, 0.1) is 0 Å². The van der Waals surface area contributed by atoms with Gasteiger partial charge >= 0.3 is 0 Å². The van der Waals surface area contributed by atoms with Crippen molar-refractivity contribution in [2.24, 2.45) is 0 Å². The van der Waals surface area contributed by atoms with Crippen molar-refractivity contribution in [2.75, 3.05) is 10.0 Å². The first-order valence-electron chi connectivity index (χ1n) is 16.4. The zero-order valence-electron chi connectivity index (χ0n) is 27.1. The fraction of sp³-hybridized carbons (Fsp3) is 0.0476. The zero-order valence-corrected chi connectivity index (χ0v) is 28.6. The van der Waals surface area contributed by atoms with Crippen LogP contribution in [-0.4, -0.2) is 20.4 Å². The predicted octanol–water partition coefficient (Wildman–Crippen LogP) is 11.7. The minimum absolute atomic E-state index is 0.363. The van der Waals surface area contributed by atoms with Crippen LogP contribution in [0.25, 0.3) is 44.1 Å². The van der Waals surface area contributed by atoms with E-state index in [1.165, 1.54) is 0 Å². The van der Waals surface area contributed by atoms with Gasteiger partial charge in [-0.2, -0.15) is 0 Å². The lowest BCUT2D eigenvalue weighted by Gasteiger charge is -2.38. The lowest BCUT2D eigenvalue weighted by Crippen LogP contribution is -2.38. The highest BCUT2D eigenvalue weighted by Crippen LogP contribution is 2.45. The molecular formula is C42H30Cl2N6. The molecule has 0 saturated heterocycles. The maximum atomic E-state index is 7.13. The third-order valence-electron chi connectivity index (χ3n) is 8.75. The van der Waals surface area contributed by atoms with Crippen molar-refractivity contribution in [3.63, 3.8) is 0 Å². The Morgan fingerprint density at radius 3 is 1.54 bits per heavy atom. The first-order chi connectivity index (χ1) is 24.6. The van der Waals surface area contributed by atoms with Crippen LogP contribution in [0.4, 0.5) is 23.0 Å². The van der Waals surface area contributed by atoms with E-state index < -0.39 is 0 Å². The number of aromatic nitrogens is 4. The van der Waals surface area contributed by atoms with Gasteiger partial charge in [-0.3, -0.25) is 0 Å². The molecule has 0 aliphatic rings. The van der Waals surface area contributed by atoms with Gasteiger partial charge in [0.1, 0.15) is 11.4 Å². The normalized spacial score (nSPS) is 11.2. The van der Waals surface area contributed by atoms with Gasteiger partial charge in [0.2, 0.25) is 0 Å². The van der Waals surface area contributed by atoms with E-state index in [9.17, 15) is 0 Å². The van der Waals surface area contributed by atoms with Crippen LogP contribution in [0.5, 0.6) is 0 Å². The van der Waals surface area contributed by atoms with Crippen molar-refractivity contribution >= 4 is 67.8 Å². The van der Waals surface area contributed by atoms with Gasteiger partial charge in [-0.15, -0.1) is 20.4 Å². The molecule has 2 heterocycles. The number of benzene rings is 6. The van der Waals surface area contributed by atoms with E-state index in [4.69, 9.17) is 43.6 Å². The molecule has 0 atom stereocenters. The molecule has 8 rings (SSSR count). The Kier molecular flexibility index (Phi) is 8.55. The van der Waals surface area contributed by atoms with Crippen molar-refractivity contribution in [3.05, 3.63) is 167 Å². The number of anilines is 4. The van der Waals surface area contributed by atoms with E-state index in [0.717, 1.165) is 61.7 Å². The first-order valence-corrected chi connectivity index (χ1v) is 17.1. The van der Waals surface area contributed by atoms with E-state index in [1.807, 2.05) is 107 Å². The molecule has 0 bridgehead atoms. The Morgan fingerprint density at radius 2 is 0.980 bits per heavy atom. The van der Waals surface area contributed by atoms with Gasteiger partial charge in [-0.1, -0.05) is 158 Å². The van der Waals surface area contributed by atoms with Crippen LogP contribution in [0.3, 0.4) is 0 Å². The topological polar surface area (TPSA) is 58.0 Å². The van der Waals surface area contributed by atoms with Gasteiger partial charge in [0.05, 0.1) is 21.4 Å². The van der Waals surface area contributed by atoms with Crippen molar-refractivity contribution < 1.29 is 0 Å². The summed E-state index contributed by atoms with van der Waals surface area (Å²) >= 11 is 13.9. The number of nitrogens with zero attached hydrogens (tertiary/aromatic N) is 6. The number of hydrazine groups is 1. The average molecular weight is 690 g/mol. The molecule has 0 amide bonds. The Hall–Kier alpha value is -5.82. The smallest absolute Gasteiger partial charge is 0.183 e. The Bertz CT molecular complexity index is 2470. The minimum atomic E-state index is 0.363. The molecule has 0 spiro atoms. The Morgan fingerprint density at radius 1 is 0.480 bits per heavy atom. The number of hydrogen-bond donors (Lipinski definition) is 0. The molecule has 0 N–H and O–H groups in total. The van der Waals surface area contributed by atoms with Crippen LogP contribution in [0.1, 0.15) is 12.5 Å². The Labute approximate surface area is 300 Å². The molecule has 8 aromatic rings. The molecule has 6 nitrogen and oxygen atoms in total. The number of halogens is 2. The number of fused-ring (bicyclic) bond motifs is 2. The van der Waals surface area contributed by atoms with E-state index in [-0.39, 0.29) is 0 Å². The second kappa shape index (κ2) is 13.6. The third kappa shape index (κ3) is 5.68. The summed E-state index contributed by atoms with van der Waals surface area (Å²) in [6.45, 7) is 2.14. The maximum Gasteiger partial charge on any atom is 0.183 e. The first kappa shape index (κ1) is 31.4. The van der Waals surface area contributed by atoms with Crippen LogP contribution in [0.15, 0.2) is 152 Å². The van der Waals surface area contributed by atoms with Crippen molar-refractivity contribution in [1.82, 2.24) is 20.4 Å². The summed E-state index contributed by atoms with van der Waals surface area (Å²) < 4.78 is 0. The third-order valence-corrected chi connectivity index (χ3v) is 9.56. The summed E-state index contributed by atoms with van der Waals surface area (Å²) in [4.78, 5) is 0. The minimum Gasteiger partial charge on any atom is -0.227 e. The maximum absolute atomic E-state index is 7.13. The van der Waals surface area contributed by atoms with Gasteiger partial charge in [0, 0.05) is 32.7 Å². The SMILES string of the molecule is CCc1cccc(N(c2nnc(-c3ccccc3)c3ccccc23)N(c2cccc(Cl)c2Cl)c2nnc(-c3ccccc3)c3ccccc23)c1. The van der Waals surface area contributed by atoms with Gasteiger partial charge < -0.3 is 0 Å². The average Bonchev–Trinajstić information content (AvgIpc) is 3.18. The van der Waals surface area contributed by atoms with Crippen molar-refractivity contribution in [3.8, 4) is 22.5 Å². The zero-order chi connectivity index (χ0) is 34.0. The van der Waals surface area contributed by atoms with Crippen LogP contribution in [-0.2, 0) is 6.42 Å². The van der Waals surface area contributed by atoms with Crippen LogP contribution >= 0.6 is 23.2 Å². The van der Waals surface area contributed by atoms with Gasteiger partial charge in [-0.05, 0) is 36.2 Å². The van der Waals surface area contributed by atoms with E-state index in [0.29, 0.717) is 27.4 Å². The van der Waals surface area contributed by atoms with E-state index >= 15 is 0 Å². The van der Waals surface area contributed by atoms with Gasteiger partial charge in [0.25, 0.3) is 0 Å². The molecule has 0 fully saturated rings. The lowest BCUT2D eigenvalue weighted by molar-refractivity contribution is 0.895. The molecule has 50 heavy (non-hydrogen) atoms. The molecule has 242 valence electrons. The highest BCUT2D eigenvalue weighted by Gasteiger charge is 2.31. The van der Waals surface area contributed by atoms with Gasteiger partial charge in [0.15, 0.2) is 11.6 Å². The quantitative estimate of drug-likeness (QED) is 0.148. The Balaban J connectivity index is 1.47. The number of hydrogen-bond acceptors (Lipinski definition) is 6. The lowest BCUT2D eigenvalue weighted by atomic mass is 10.0. The van der Waals surface area contributed by atoms with E-state index in [2.05, 4.69) is 55.5 Å². The summed E-state index contributed by atoms with van der Waals surface area (Å²) in [5, 5.41) is 28.1. The van der Waals surface area contributed by atoms with E-state index in [1.54, 1.807) is 6.07 Å². The molecule has 0 radical (unpaired) electrons. The number of rotatable bonds is 8. The molecule has 6 aromatic carbocycles. The van der Waals surface area contributed by atoms with Crippen molar-refractivity contribution in [2.45, 2.75) is 13.3 Å². The summed E-state index contributed by atoms with van der Waals surface area (Å²) in [5.74, 6) is 1.13. The molecule has 0 unspecified atom stereocenters. The second-order valence-electron chi connectivity index (χ2n) is 11.8. The molecule has 0 aliphatic heterocycles. The van der Waals surface area contributed by atoms with Gasteiger partial charge in [-0.25, -0.2) is 10.0 Å². The largest absolute Gasteiger partial charge is 0.227 e. The summed E-state index contributed by atoms with van der Waals surface area (Å²) in [6, 6.07) is 50.5. The molecule has 2 aromatic heterocycles. The fourth-order valence-electron chi connectivity index (χ4n) is 6.32. The molecule has 0 aliphatic carbocycles. The standard InChI is InChI=1S/C42H30Cl2N6/c1-2-28-15-13-20-31(27-28)49(41-34-23-11-9-21-32(34)39(45-47-41)29-16-5-3-6-17-29)50(37-26-14-25-36(43)38(37)44)42-35-24-12-10-22-33(35)40(46-48-42)30-18-7-4-8-19-30/h3-27H,2H2,1H3. The van der Waals surface area contributed by atoms with Crippen molar-refractivity contribution in [1.29, 1.82) is 0 Å². The summed E-state index contributed by atoms with van der Waals surface area (Å²) in [5.41, 5.74) is 6.10. The summed E-state index contributed by atoms with van der Waals surface area (Å²) in [7, 11) is 0. The second-order valence-corrected chi connectivity index (χ2v) is 12.6. The molecule has 0 saturated carbocycles. The highest BCUT2D eigenvalue weighted by molar-refractivity contribution is 6.44. The summed E-state index contributed by atoms with van der Waals surface area (Å²) in [6.07, 6.45) is 0.841. The fourth-order valence-corrected chi connectivity index (χ4v) is 6.70. The molecule has 8 heteroatoms. The predicted molar refractivity (Wildman–Crippen MR) is 207 cm³/mol. The monoisotopic (exact) mass is 688 g/mol. The van der Waals surface area contributed by atoms with Crippen LogP contribution in [0.2, 0.25) is 10.0 Å². The molecular weight excluding hydrogens is 659 g/mol. The number of aryl methyl sites for hydroxylation is 1. The highest BCUT2D eigenvalue weighted by atomic mass is 35.5. The van der Waals surface area contributed by atoms with Crippen LogP contribution < -0.4 is 10.0 Å².